The Bertz CT molecular complexity index is 2980. The van der Waals surface area contributed by atoms with Crippen LogP contribution >= 0.6 is 0 Å². The van der Waals surface area contributed by atoms with Crippen LogP contribution in [0, 0.1) is 46.8 Å². The Balaban J connectivity index is 1.12. The second kappa shape index (κ2) is 51.3. The molecule has 31 heteroatoms. The van der Waals surface area contributed by atoms with Crippen molar-refractivity contribution in [3.8, 4) is 5.75 Å². The summed E-state index contributed by atoms with van der Waals surface area (Å²) in [7, 11) is 0. The molecule has 2 unspecified atom stereocenters. The smallest absolute Gasteiger partial charge is 0.311 e. The first-order chi connectivity index (χ1) is 50.3. The first kappa shape index (κ1) is 90.4. The van der Waals surface area contributed by atoms with Gasteiger partial charge in [0.25, 0.3) is 11.8 Å². The van der Waals surface area contributed by atoms with Crippen LogP contribution in [0.15, 0.2) is 18.2 Å². The zero-order valence-corrected chi connectivity index (χ0v) is 62.3. The maximum absolute atomic E-state index is 13.8. The Morgan fingerprint density at radius 2 is 0.857 bits per heavy atom. The molecule has 2 aliphatic rings. The first-order valence-corrected chi connectivity index (χ1v) is 37.0. The van der Waals surface area contributed by atoms with E-state index >= 15 is 0 Å². The topological polar surface area (TPSA) is 327 Å². The summed E-state index contributed by atoms with van der Waals surface area (Å²) in [6.07, 6.45) is 12.5. The van der Waals surface area contributed by atoms with Crippen LogP contribution in [0.3, 0.4) is 0 Å². The third-order valence-corrected chi connectivity index (χ3v) is 17.9. The number of rotatable bonds is 53. The van der Waals surface area contributed by atoms with Crippen LogP contribution in [0.25, 0.3) is 0 Å². The van der Waals surface area contributed by atoms with Crippen LogP contribution in [0.4, 0.5) is 27.6 Å². The van der Waals surface area contributed by atoms with Gasteiger partial charge in [-0.25, -0.2) is 13.2 Å². The normalized spacial score (nSPS) is 20.0. The molecule has 10 atom stereocenters. The number of carbonyl (C=O) groups excluding carboxylic acids is 9. The quantitative estimate of drug-likeness (QED) is 0.00896. The molecule has 105 heavy (non-hydrogen) atoms. The number of benzene rings is 2. The lowest BCUT2D eigenvalue weighted by Crippen LogP contribution is -2.62. The van der Waals surface area contributed by atoms with Crippen LogP contribution in [0.2, 0.25) is 0 Å². The first-order valence-electron chi connectivity index (χ1n) is 37.0. The van der Waals surface area contributed by atoms with Gasteiger partial charge in [0.15, 0.2) is 12.6 Å². The van der Waals surface area contributed by atoms with Gasteiger partial charge in [-0.2, -0.15) is 8.78 Å². The van der Waals surface area contributed by atoms with Gasteiger partial charge in [-0.3, -0.25) is 43.2 Å². The predicted molar refractivity (Wildman–Crippen MR) is 375 cm³/mol. The average Bonchev–Trinajstić information content (AvgIpc) is 0.812. The summed E-state index contributed by atoms with van der Waals surface area (Å²) in [6, 6.07) is 3.42. The Hall–Kier alpha value is -7.00. The van der Waals surface area contributed by atoms with E-state index in [2.05, 4.69) is 57.4 Å². The van der Waals surface area contributed by atoms with Crippen molar-refractivity contribution in [2.75, 3.05) is 97.6 Å². The fraction of sp³-hybridized carbons (Fsp3) is 0.716. The minimum atomic E-state index is -2.33. The van der Waals surface area contributed by atoms with Gasteiger partial charge < -0.3 is 84.0 Å². The highest BCUT2D eigenvalue weighted by atomic mass is 19.2. The summed E-state index contributed by atoms with van der Waals surface area (Å²) in [5.74, 6) is -16.8. The lowest BCUT2D eigenvalue weighted by Gasteiger charge is -2.44. The second-order valence-electron chi connectivity index (χ2n) is 26.4. The van der Waals surface area contributed by atoms with Crippen molar-refractivity contribution in [3.63, 3.8) is 0 Å². The number of amides is 6. The van der Waals surface area contributed by atoms with Gasteiger partial charge in [0.2, 0.25) is 58.5 Å². The van der Waals surface area contributed by atoms with E-state index in [4.69, 9.17) is 47.4 Å². The third kappa shape index (κ3) is 35.1. The van der Waals surface area contributed by atoms with Gasteiger partial charge in [0.05, 0.1) is 84.3 Å². The molecular weight excluding hydrogens is 1390 g/mol. The average molecular weight is 1500 g/mol. The van der Waals surface area contributed by atoms with Crippen molar-refractivity contribution in [1.82, 2.24) is 26.6 Å². The second-order valence-corrected chi connectivity index (χ2v) is 26.4. The summed E-state index contributed by atoms with van der Waals surface area (Å²) in [5, 5.41) is 17.2. The van der Waals surface area contributed by atoms with Crippen molar-refractivity contribution < 1.29 is 117 Å². The zero-order valence-electron chi connectivity index (χ0n) is 62.3. The van der Waals surface area contributed by atoms with E-state index < -0.39 is 101 Å². The molecule has 0 radical (unpaired) electrons. The Morgan fingerprint density at radius 3 is 1.32 bits per heavy atom. The number of halogens is 5. The number of ether oxygens (including phenoxy) is 11. The largest absolute Gasteiger partial charge is 0.463 e. The minimum Gasteiger partial charge on any atom is -0.463 e. The van der Waals surface area contributed by atoms with E-state index in [-0.39, 0.29) is 163 Å². The van der Waals surface area contributed by atoms with E-state index in [1.165, 1.54) is 45.9 Å². The lowest BCUT2D eigenvalue weighted by atomic mass is 9.81. The molecular formula is C74H113F5N6O20. The number of esters is 3. The monoisotopic (exact) mass is 1500 g/mol. The zero-order chi connectivity index (χ0) is 77.1. The number of hydrogen-bond acceptors (Lipinski definition) is 20. The summed E-state index contributed by atoms with van der Waals surface area (Å²) in [5.41, 5.74) is 0.512. The van der Waals surface area contributed by atoms with Crippen molar-refractivity contribution >= 4 is 59.0 Å². The fourth-order valence-corrected chi connectivity index (χ4v) is 12.1. The van der Waals surface area contributed by atoms with E-state index in [9.17, 15) is 65.1 Å². The van der Waals surface area contributed by atoms with Crippen LogP contribution in [0.1, 0.15) is 211 Å². The highest BCUT2D eigenvalue weighted by Crippen LogP contribution is 2.34. The number of nitrogens with one attached hydrogen (secondary N) is 6. The van der Waals surface area contributed by atoms with Crippen LogP contribution in [-0.4, -0.2) is 189 Å². The molecule has 0 spiro atoms. The number of unbranched alkanes of at least 4 members (excludes halogenated alkanes) is 15. The molecule has 2 aliphatic heterocycles. The van der Waals surface area contributed by atoms with Crippen molar-refractivity contribution in [2.24, 2.45) is 17.8 Å². The van der Waals surface area contributed by atoms with Gasteiger partial charge in [-0.15, -0.1) is 0 Å². The van der Waals surface area contributed by atoms with Crippen molar-refractivity contribution in [3.05, 3.63) is 58.4 Å². The molecule has 2 heterocycles. The van der Waals surface area contributed by atoms with Gasteiger partial charge in [0, 0.05) is 89.3 Å². The Labute approximate surface area is 613 Å². The van der Waals surface area contributed by atoms with Gasteiger partial charge in [-0.1, -0.05) is 111 Å². The SMILES string of the molecule is CC[C@H]1OC(OCCOCCOCCNC(=O)c2cc(NC(=O)CCCCCCCCCCC(=O)NCCCCCCCCCCCC(=O)Oc3c(F)c(F)c(F)c(F)c3F)cc(C(=O)NCCOCCOCCOC3O[C@H](COC(C)=O)[C@H](OC(C)=O)[C@H](C)[C@H]3NC(C)=O)c2)[C@H](NC(C)=O)[C@@H](C)[C@H]1C. The maximum atomic E-state index is 13.8. The lowest BCUT2D eigenvalue weighted by molar-refractivity contribution is -0.264. The number of hydrogen-bond donors (Lipinski definition) is 6. The third-order valence-electron chi connectivity index (χ3n) is 17.9. The van der Waals surface area contributed by atoms with E-state index in [1.54, 1.807) is 6.92 Å². The van der Waals surface area contributed by atoms with E-state index in [0.29, 0.717) is 32.2 Å². The Kier molecular flexibility index (Phi) is 44.2. The van der Waals surface area contributed by atoms with Crippen molar-refractivity contribution in [2.45, 2.75) is 233 Å². The van der Waals surface area contributed by atoms with Gasteiger partial charge in [-0.05, 0) is 62.1 Å². The van der Waals surface area contributed by atoms with E-state index in [1.807, 2.05) is 0 Å². The number of anilines is 1. The molecule has 0 bridgehead atoms. The summed E-state index contributed by atoms with van der Waals surface area (Å²) in [4.78, 5) is 112. The molecule has 6 N–H and O–H groups in total. The van der Waals surface area contributed by atoms with Crippen LogP contribution < -0.4 is 36.6 Å². The minimum absolute atomic E-state index is 0.00217. The highest BCUT2D eigenvalue weighted by molar-refractivity contribution is 6.02. The molecule has 2 saturated heterocycles. The highest BCUT2D eigenvalue weighted by Gasteiger charge is 2.47. The maximum Gasteiger partial charge on any atom is 0.311 e. The molecule has 6 amide bonds. The molecule has 0 aliphatic carbocycles. The summed E-state index contributed by atoms with van der Waals surface area (Å²) < 4.78 is 130. The van der Waals surface area contributed by atoms with Gasteiger partial charge >= 0.3 is 17.9 Å². The Morgan fingerprint density at radius 1 is 0.438 bits per heavy atom. The molecule has 26 nitrogen and oxygen atoms in total. The van der Waals surface area contributed by atoms with Crippen LogP contribution in [0.5, 0.6) is 5.75 Å². The van der Waals surface area contributed by atoms with Crippen LogP contribution in [-0.2, 0) is 80.9 Å². The molecule has 4 rings (SSSR count). The van der Waals surface area contributed by atoms with Crippen molar-refractivity contribution in [1.29, 1.82) is 0 Å². The summed E-state index contributed by atoms with van der Waals surface area (Å²) in [6.45, 7) is 15.7. The molecule has 0 aromatic heterocycles. The summed E-state index contributed by atoms with van der Waals surface area (Å²) >= 11 is 0. The predicted octanol–water partition coefficient (Wildman–Crippen LogP) is 9.68. The molecule has 0 saturated carbocycles. The fourth-order valence-electron chi connectivity index (χ4n) is 12.1. The standard InChI is InChI=1S/C74H113F5N6O20/c1-9-57-47(2)48(3)67(83-50(5)86)73(103-57)99-41-39-97-37-35-95-33-31-81-71(93)54-43-55(72(94)82-32-34-96-36-38-98-40-42-100-74-68(84-51(6)87)49(4)69(102-53(8)89)58(104-74)46-101-52(7)88)45-56(44-54)85-60(91)28-24-20-16-13-12-15-19-23-27-59(90)80-30-26-22-18-14-10-11-17-21-25-29-61(92)105-70-65(78)63(76)62(75)64(77)66(70)79/h43-45,47-49,57-58,67-69,73-74H,9-42,46H2,1-8H3,(H,80,90)(H,81,93)(H,82,94)(H,83,86)(H,84,87)(H,85,91)/t47-,48+,49-,57-,58-,67-,68-,69-,73?,74?/m1/s1. The molecule has 2 aromatic carbocycles. The molecule has 2 fully saturated rings. The number of carbonyl (C=O) groups is 9. The molecule has 2 aromatic rings. The van der Waals surface area contributed by atoms with Gasteiger partial charge in [0.1, 0.15) is 18.8 Å². The molecule has 594 valence electrons. The van der Waals surface area contributed by atoms with E-state index in [0.717, 1.165) is 96.3 Å².